The quantitative estimate of drug-likeness (QED) is 0.534. The van der Waals surface area contributed by atoms with Crippen molar-refractivity contribution in [1.29, 1.82) is 0 Å². The molecule has 5 heteroatoms. The van der Waals surface area contributed by atoms with E-state index in [-0.39, 0.29) is 5.38 Å². The van der Waals surface area contributed by atoms with E-state index in [0.29, 0.717) is 6.54 Å². The van der Waals surface area contributed by atoms with Crippen LogP contribution in [0.2, 0.25) is 0 Å². The molecule has 1 rings (SSSR count). The zero-order valence-corrected chi connectivity index (χ0v) is 10.2. The van der Waals surface area contributed by atoms with Crippen LogP contribution in [-0.4, -0.2) is 60.4 Å². The van der Waals surface area contributed by atoms with E-state index in [1.165, 1.54) is 0 Å². The first-order chi connectivity index (χ1) is 6.98. The molecule has 0 aromatic heterocycles. The number of nitrogens with zero attached hydrogens (tertiary/aromatic N) is 1. The predicted molar refractivity (Wildman–Crippen MR) is 61.2 cm³/mol. The van der Waals surface area contributed by atoms with Gasteiger partial charge in [-0.1, -0.05) is 0 Å². The van der Waals surface area contributed by atoms with E-state index in [1.807, 2.05) is 6.92 Å². The molecular weight excluding hydrogens is 216 g/mol. The van der Waals surface area contributed by atoms with Crippen LogP contribution >= 0.6 is 11.6 Å². The first-order valence-corrected chi connectivity index (χ1v) is 5.74. The van der Waals surface area contributed by atoms with Crippen molar-refractivity contribution in [2.75, 3.05) is 33.4 Å². The summed E-state index contributed by atoms with van der Waals surface area (Å²) >= 11 is 6.15. The van der Waals surface area contributed by atoms with Gasteiger partial charge in [-0.2, -0.15) is 0 Å². The monoisotopic (exact) mass is 236 g/mol. The second kappa shape index (κ2) is 5.46. The predicted octanol–water partition coefficient (Wildman–Crippen LogP) is 0.0242. The molecule has 1 heterocycles. The van der Waals surface area contributed by atoms with Crippen molar-refractivity contribution < 1.29 is 9.84 Å². The Morgan fingerprint density at radius 2 is 2.27 bits per heavy atom. The molecule has 1 aliphatic heterocycles. The summed E-state index contributed by atoms with van der Waals surface area (Å²) in [5.41, 5.74) is 5.27. The first-order valence-electron chi connectivity index (χ1n) is 5.30. The Bertz CT molecular complexity index is 188. The van der Waals surface area contributed by atoms with Crippen molar-refractivity contribution in [3.05, 3.63) is 0 Å². The third-order valence-corrected chi connectivity index (χ3v) is 3.67. The first kappa shape index (κ1) is 13.2. The molecule has 15 heavy (non-hydrogen) atoms. The zero-order chi connectivity index (χ0) is 11.5. The van der Waals surface area contributed by atoms with E-state index in [4.69, 9.17) is 22.1 Å². The number of ether oxygens (including phenoxy) is 1. The Hall–Kier alpha value is 0.130. The van der Waals surface area contributed by atoms with Crippen LogP contribution in [0.25, 0.3) is 0 Å². The third kappa shape index (κ3) is 3.29. The van der Waals surface area contributed by atoms with Gasteiger partial charge in [0.1, 0.15) is 0 Å². The topological polar surface area (TPSA) is 58.7 Å². The molecule has 0 spiro atoms. The van der Waals surface area contributed by atoms with Crippen molar-refractivity contribution in [1.82, 2.24) is 4.90 Å². The van der Waals surface area contributed by atoms with Crippen LogP contribution in [0.1, 0.15) is 13.3 Å². The van der Waals surface area contributed by atoms with E-state index in [9.17, 15) is 5.11 Å². The summed E-state index contributed by atoms with van der Waals surface area (Å²) < 4.78 is 4.98. The maximum Gasteiger partial charge on any atom is 0.0858 e. The molecule has 90 valence electrons. The van der Waals surface area contributed by atoms with Gasteiger partial charge in [0, 0.05) is 33.4 Å². The van der Waals surface area contributed by atoms with E-state index in [2.05, 4.69) is 4.90 Å². The van der Waals surface area contributed by atoms with Gasteiger partial charge >= 0.3 is 0 Å². The summed E-state index contributed by atoms with van der Waals surface area (Å²) in [5, 5.41) is 9.65. The largest absolute Gasteiger partial charge is 0.390 e. The van der Waals surface area contributed by atoms with Crippen molar-refractivity contribution in [2.24, 2.45) is 5.73 Å². The summed E-state index contributed by atoms with van der Waals surface area (Å²) in [4.78, 5) is 2.13. The fourth-order valence-corrected chi connectivity index (χ4v) is 2.10. The average molecular weight is 237 g/mol. The Kier molecular flexibility index (Phi) is 4.80. The zero-order valence-electron chi connectivity index (χ0n) is 9.45. The molecule has 0 radical (unpaired) electrons. The lowest BCUT2D eigenvalue weighted by Gasteiger charge is -2.44. The smallest absolute Gasteiger partial charge is 0.0858 e. The number of methoxy groups -OCH3 is 1. The van der Waals surface area contributed by atoms with Crippen LogP contribution in [0, 0.1) is 0 Å². The summed E-state index contributed by atoms with van der Waals surface area (Å²) in [5.74, 6) is 0. The van der Waals surface area contributed by atoms with Gasteiger partial charge < -0.3 is 15.6 Å². The lowest BCUT2D eigenvalue weighted by atomic mass is 9.87. The Morgan fingerprint density at radius 1 is 1.60 bits per heavy atom. The molecule has 3 N–H and O–H groups in total. The molecule has 3 atom stereocenters. The summed E-state index contributed by atoms with van der Waals surface area (Å²) in [6, 6.07) is 0. The molecule has 0 bridgehead atoms. The van der Waals surface area contributed by atoms with Gasteiger partial charge in [0.2, 0.25) is 0 Å². The minimum Gasteiger partial charge on any atom is -0.390 e. The minimum atomic E-state index is -0.681. The average Bonchev–Trinajstić information content (AvgIpc) is 2.15. The van der Waals surface area contributed by atoms with Crippen LogP contribution in [0.5, 0.6) is 0 Å². The SMILES string of the molecule is COCCCN1CC(Cl)[C@@](C)(N)[C@@H](O)C1. The van der Waals surface area contributed by atoms with Gasteiger partial charge in [0.15, 0.2) is 0 Å². The second-order valence-corrected chi connectivity index (χ2v) is 4.98. The molecular formula is C10H21ClN2O2. The fraction of sp³-hybridized carbons (Fsp3) is 1.00. The number of aliphatic hydroxyl groups is 1. The van der Waals surface area contributed by atoms with Gasteiger partial charge in [-0.05, 0) is 13.3 Å². The number of hydrogen-bond donors (Lipinski definition) is 2. The van der Waals surface area contributed by atoms with E-state index < -0.39 is 11.6 Å². The van der Waals surface area contributed by atoms with Gasteiger partial charge in [-0.15, -0.1) is 11.6 Å². The normalized spacial score (nSPS) is 38.2. The maximum atomic E-state index is 9.85. The highest BCUT2D eigenvalue weighted by Gasteiger charge is 2.41. The maximum absolute atomic E-state index is 9.85. The number of likely N-dealkylation sites (tertiary alicyclic amines) is 1. The van der Waals surface area contributed by atoms with Gasteiger partial charge in [-0.3, -0.25) is 4.90 Å². The highest BCUT2D eigenvalue weighted by atomic mass is 35.5. The van der Waals surface area contributed by atoms with Gasteiger partial charge in [0.05, 0.1) is 17.0 Å². The number of hydrogen-bond acceptors (Lipinski definition) is 4. The van der Waals surface area contributed by atoms with E-state index >= 15 is 0 Å². The lowest BCUT2D eigenvalue weighted by Crippen LogP contribution is -2.65. The van der Waals surface area contributed by atoms with Crippen LogP contribution in [0.3, 0.4) is 0 Å². The van der Waals surface area contributed by atoms with E-state index in [0.717, 1.165) is 26.1 Å². The molecule has 0 aromatic carbocycles. The summed E-state index contributed by atoms with van der Waals surface area (Å²) in [6.07, 6.45) is 0.394. The third-order valence-electron chi connectivity index (χ3n) is 3.07. The molecule has 0 amide bonds. The van der Waals surface area contributed by atoms with Crippen molar-refractivity contribution in [2.45, 2.75) is 30.4 Å². The minimum absolute atomic E-state index is 0.205. The number of β-amino-alcohol motifs (C(OH)–C–C–N with tert-alkyl or cyclic N) is 1. The molecule has 0 aromatic rings. The van der Waals surface area contributed by atoms with Crippen LogP contribution in [0.15, 0.2) is 0 Å². The lowest BCUT2D eigenvalue weighted by molar-refractivity contribution is 0.0122. The van der Waals surface area contributed by atoms with Gasteiger partial charge in [-0.25, -0.2) is 0 Å². The molecule has 1 aliphatic rings. The highest BCUT2D eigenvalue weighted by molar-refractivity contribution is 6.21. The number of alkyl halides is 1. The molecule has 1 fully saturated rings. The van der Waals surface area contributed by atoms with Crippen molar-refractivity contribution in [3.8, 4) is 0 Å². The fourth-order valence-electron chi connectivity index (χ4n) is 1.76. The van der Waals surface area contributed by atoms with Crippen LogP contribution < -0.4 is 5.73 Å². The molecule has 0 aliphatic carbocycles. The highest BCUT2D eigenvalue weighted by Crippen LogP contribution is 2.24. The molecule has 1 unspecified atom stereocenters. The summed E-state index contributed by atoms with van der Waals surface area (Å²) in [6.45, 7) is 4.76. The second-order valence-electron chi connectivity index (χ2n) is 4.46. The standard InChI is InChI=1S/C10H21ClN2O2/c1-10(12)8(11)6-13(7-9(10)14)4-3-5-15-2/h8-9,14H,3-7,12H2,1-2H3/t8?,9-,10+/m0/s1. The Labute approximate surface area is 96.3 Å². The van der Waals surface area contributed by atoms with Crippen LogP contribution in [-0.2, 0) is 4.74 Å². The van der Waals surface area contributed by atoms with Gasteiger partial charge in [0.25, 0.3) is 0 Å². The number of halogens is 1. The molecule has 1 saturated heterocycles. The number of aliphatic hydroxyl groups excluding tert-OH is 1. The van der Waals surface area contributed by atoms with Crippen molar-refractivity contribution >= 4 is 11.6 Å². The number of rotatable bonds is 4. The molecule has 0 saturated carbocycles. The summed E-state index contributed by atoms with van der Waals surface area (Å²) in [7, 11) is 1.69. The van der Waals surface area contributed by atoms with E-state index in [1.54, 1.807) is 7.11 Å². The molecule has 4 nitrogen and oxygen atoms in total. The van der Waals surface area contributed by atoms with Crippen molar-refractivity contribution in [3.63, 3.8) is 0 Å². The number of piperidine rings is 1. The Morgan fingerprint density at radius 3 is 2.80 bits per heavy atom. The Balaban J connectivity index is 2.39. The number of nitrogens with two attached hydrogens (primary N) is 1. The van der Waals surface area contributed by atoms with Crippen LogP contribution in [0.4, 0.5) is 0 Å².